The molecular formula is C10H8ClN3O2. The molecule has 1 heterocycles. The van der Waals surface area contributed by atoms with Gasteiger partial charge < -0.3 is 0 Å². The van der Waals surface area contributed by atoms with Crippen molar-refractivity contribution in [3.8, 4) is 0 Å². The molecule has 0 saturated heterocycles. The second-order valence-electron chi connectivity index (χ2n) is 3.12. The summed E-state index contributed by atoms with van der Waals surface area (Å²) in [4.78, 5) is 10.3. The van der Waals surface area contributed by atoms with Crippen LogP contribution in [0.5, 0.6) is 0 Å². The summed E-state index contributed by atoms with van der Waals surface area (Å²) in [5.74, 6) is 0.384. The SMILES string of the molecule is O=[N+]([O-])c1cccc2c(C=CCCl)[nH]nc12. The monoisotopic (exact) mass is 237 g/mol. The van der Waals surface area contributed by atoms with E-state index in [0.29, 0.717) is 11.4 Å². The summed E-state index contributed by atoms with van der Waals surface area (Å²) in [6, 6.07) is 4.84. The fraction of sp³-hybridized carbons (Fsp3) is 0.100. The lowest BCUT2D eigenvalue weighted by atomic mass is 10.2. The number of hydrogen-bond acceptors (Lipinski definition) is 3. The Hall–Kier alpha value is -1.88. The van der Waals surface area contributed by atoms with Crippen LogP contribution in [0.1, 0.15) is 5.69 Å². The van der Waals surface area contributed by atoms with E-state index >= 15 is 0 Å². The van der Waals surface area contributed by atoms with Crippen molar-refractivity contribution < 1.29 is 4.92 Å². The lowest BCUT2D eigenvalue weighted by molar-refractivity contribution is -0.383. The Morgan fingerprint density at radius 1 is 1.56 bits per heavy atom. The zero-order chi connectivity index (χ0) is 11.5. The number of nitrogens with one attached hydrogen (secondary N) is 1. The molecule has 0 atom stereocenters. The Kier molecular flexibility index (Phi) is 2.87. The Morgan fingerprint density at radius 3 is 3.06 bits per heavy atom. The van der Waals surface area contributed by atoms with Crippen molar-refractivity contribution in [2.24, 2.45) is 0 Å². The molecule has 2 aromatic rings. The predicted molar refractivity (Wildman–Crippen MR) is 62.5 cm³/mol. The standard InChI is InChI=1S/C10H8ClN3O2/c11-6-2-4-8-7-3-1-5-9(14(15)16)10(7)13-12-8/h1-5H,6H2,(H,12,13). The van der Waals surface area contributed by atoms with Crippen molar-refractivity contribution in [2.45, 2.75) is 0 Å². The lowest BCUT2D eigenvalue weighted by Crippen LogP contribution is -1.88. The molecule has 0 aliphatic heterocycles. The van der Waals surface area contributed by atoms with E-state index in [2.05, 4.69) is 10.2 Å². The summed E-state index contributed by atoms with van der Waals surface area (Å²) in [5.41, 5.74) is 1.08. The number of aromatic amines is 1. The van der Waals surface area contributed by atoms with E-state index in [1.807, 2.05) is 0 Å². The van der Waals surface area contributed by atoms with Gasteiger partial charge >= 0.3 is 0 Å². The van der Waals surface area contributed by atoms with Crippen LogP contribution in [0.2, 0.25) is 0 Å². The Labute approximate surface area is 95.9 Å². The van der Waals surface area contributed by atoms with Gasteiger partial charge in [-0.2, -0.15) is 5.10 Å². The molecule has 5 nitrogen and oxygen atoms in total. The Bertz CT molecular complexity index is 562. The van der Waals surface area contributed by atoms with Gasteiger partial charge in [0.25, 0.3) is 5.69 Å². The number of halogens is 1. The number of nitro groups is 1. The highest BCUT2D eigenvalue weighted by molar-refractivity contribution is 6.19. The summed E-state index contributed by atoms with van der Waals surface area (Å²) < 4.78 is 0. The molecule has 0 amide bonds. The van der Waals surface area contributed by atoms with Crippen LogP contribution in [0.15, 0.2) is 24.3 Å². The van der Waals surface area contributed by atoms with Crippen LogP contribution in [-0.2, 0) is 0 Å². The van der Waals surface area contributed by atoms with Crippen molar-refractivity contribution in [1.82, 2.24) is 10.2 Å². The summed E-state index contributed by atoms with van der Waals surface area (Å²) in [5, 5.41) is 18.1. The number of alkyl halides is 1. The molecule has 0 fully saturated rings. The lowest BCUT2D eigenvalue weighted by Gasteiger charge is -1.92. The van der Waals surface area contributed by atoms with E-state index in [9.17, 15) is 10.1 Å². The van der Waals surface area contributed by atoms with Gasteiger partial charge in [0.15, 0.2) is 5.52 Å². The number of allylic oxidation sites excluding steroid dienone is 1. The van der Waals surface area contributed by atoms with Crippen LogP contribution in [0.25, 0.3) is 17.0 Å². The summed E-state index contributed by atoms with van der Waals surface area (Å²) >= 11 is 5.52. The third-order valence-electron chi connectivity index (χ3n) is 2.16. The summed E-state index contributed by atoms with van der Waals surface area (Å²) in [7, 11) is 0. The van der Waals surface area contributed by atoms with Crippen LogP contribution in [0.4, 0.5) is 5.69 Å². The number of H-pyrrole nitrogens is 1. The van der Waals surface area contributed by atoms with Crippen LogP contribution < -0.4 is 0 Å². The minimum atomic E-state index is -0.446. The van der Waals surface area contributed by atoms with Gasteiger partial charge in [0.1, 0.15) is 0 Å². The van der Waals surface area contributed by atoms with E-state index in [4.69, 9.17) is 11.6 Å². The van der Waals surface area contributed by atoms with E-state index < -0.39 is 4.92 Å². The zero-order valence-corrected chi connectivity index (χ0v) is 8.94. The molecule has 1 N–H and O–H groups in total. The normalized spacial score (nSPS) is 11.3. The maximum absolute atomic E-state index is 10.8. The van der Waals surface area contributed by atoms with Crippen molar-refractivity contribution in [1.29, 1.82) is 0 Å². The number of aromatic nitrogens is 2. The quantitative estimate of drug-likeness (QED) is 0.507. The minimum Gasteiger partial charge on any atom is -0.277 e. The van der Waals surface area contributed by atoms with Gasteiger partial charge in [0.2, 0.25) is 0 Å². The molecule has 1 aromatic heterocycles. The molecule has 82 valence electrons. The van der Waals surface area contributed by atoms with Crippen LogP contribution >= 0.6 is 11.6 Å². The van der Waals surface area contributed by atoms with Gasteiger partial charge in [-0.05, 0) is 6.08 Å². The van der Waals surface area contributed by atoms with Crippen LogP contribution in [0, 0.1) is 10.1 Å². The molecule has 0 saturated carbocycles. The average molecular weight is 238 g/mol. The molecule has 1 aromatic carbocycles. The number of fused-ring (bicyclic) bond motifs is 1. The number of benzene rings is 1. The Balaban J connectivity index is 2.61. The first-order chi connectivity index (χ1) is 7.74. The smallest absolute Gasteiger partial charge is 0.277 e. The largest absolute Gasteiger partial charge is 0.297 e. The first kappa shape index (κ1) is 10.6. The van der Waals surface area contributed by atoms with Crippen molar-refractivity contribution in [2.75, 3.05) is 5.88 Å². The number of hydrogen-bond donors (Lipinski definition) is 1. The number of non-ortho nitro benzene ring substituents is 1. The predicted octanol–water partition coefficient (Wildman–Crippen LogP) is 2.72. The van der Waals surface area contributed by atoms with E-state index in [-0.39, 0.29) is 5.69 Å². The van der Waals surface area contributed by atoms with E-state index in [1.54, 1.807) is 24.3 Å². The molecule has 0 aliphatic carbocycles. The van der Waals surface area contributed by atoms with Crippen LogP contribution in [0.3, 0.4) is 0 Å². The topological polar surface area (TPSA) is 71.8 Å². The van der Waals surface area contributed by atoms with Crippen molar-refractivity contribution >= 4 is 34.3 Å². The molecule has 0 aliphatic rings. The minimum absolute atomic E-state index is 0.000673. The Morgan fingerprint density at radius 2 is 2.38 bits per heavy atom. The molecule has 0 radical (unpaired) electrons. The zero-order valence-electron chi connectivity index (χ0n) is 8.18. The molecule has 16 heavy (non-hydrogen) atoms. The van der Waals surface area contributed by atoms with Gasteiger partial charge in [-0.1, -0.05) is 18.2 Å². The number of rotatable bonds is 3. The molecule has 6 heteroatoms. The molecule has 2 rings (SSSR count). The van der Waals surface area contributed by atoms with E-state index in [1.165, 1.54) is 6.07 Å². The van der Waals surface area contributed by atoms with Gasteiger partial charge in [-0.25, -0.2) is 0 Å². The number of nitro benzene ring substituents is 1. The molecule has 0 bridgehead atoms. The third kappa shape index (κ3) is 1.77. The highest BCUT2D eigenvalue weighted by Gasteiger charge is 2.15. The van der Waals surface area contributed by atoms with Crippen molar-refractivity contribution in [3.63, 3.8) is 0 Å². The molecular weight excluding hydrogens is 230 g/mol. The highest BCUT2D eigenvalue weighted by atomic mass is 35.5. The third-order valence-corrected chi connectivity index (χ3v) is 2.34. The molecule has 0 spiro atoms. The van der Waals surface area contributed by atoms with E-state index in [0.717, 1.165) is 11.1 Å². The number of nitrogens with zero attached hydrogens (tertiary/aromatic N) is 2. The summed E-state index contributed by atoms with van der Waals surface area (Å²) in [6.45, 7) is 0. The first-order valence-corrected chi connectivity index (χ1v) is 5.11. The van der Waals surface area contributed by atoms with Gasteiger partial charge in [-0.15, -0.1) is 11.6 Å². The fourth-order valence-electron chi connectivity index (χ4n) is 1.48. The second-order valence-corrected chi connectivity index (χ2v) is 3.43. The van der Waals surface area contributed by atoms with Crippen molar-refractivity contribution in [3.05, 3.63) is 40.1 Å². The highest BCUT2D eigenvalue weighted by Crippen LogP contribution is 2.25. The van der Waals surface area contributed by atoms with Gasteiger partial charge in [0, 0.05) is 17.3 Å². The van der Waals surface area contributed by atoms with Crippen LogP contribution in [-0.4, -0.2) is 21.0 Å². The number of para-hydroxylation sites is 1. The second kappa shape index (κ2) is 4.32. The first-order valence-electron chi connectivity index (χ1n) is 4.58. The molecule has 0 unspecified atom stereocenters. The average Bonchev–Trinajstić information content (AvgIpc) is 2.69. The summed E-state index contributed by atoms with van der Waals surface area (Å²) in [6.07, 6.45) is 3.50. The maximum Gasteiger partial charge on any atom is 0.297 e. The maximum atomic E-state index is 10.8. The van der Waals surface area contributed by atoms with Gasteiger partial charge in [0.05, 0.1) is 10.6 Å². The van der Waals surface area contributed by atoms with Gasteiger partial charge in [-0.3, -0.25) is 15.2 Å². The fourth-order valence-corrected chi connectivity index (χ4v) is 1.57.